The first-order valence-electron chi connectivity index (χ1n) is 6.06. The highest BCUT2D eigenvalue weighted by molar-refractivity contribution is 7.98. The molecule has 0 aliphatic rings. The number of likely N-dealkylation sites (N-methyl/N-ethyl adjacent to an activating group) is 1. The lowest BCUT2D eigenvalue weighted by Crippen LogP contribution is -2.50. The number of furan rings is 1. The second-order valence-electron chi connectivity index (χ2n) is 4.24. The number of rotatable bonds is 8. The number of hydrogen-bond donors (Lipinski definition) is 1. The third-order valence-electron chi connectivity index (χ3n) is 2.77. The van der Waals surface area contributed by atoms with Crippen LogP contribution in [0.3, 0.4) is 0 Å². The molecule has 1 heterocycles. The minimum Gasteiger partial charge on any atom is -0.468 e. The van der Waals surface area contributed by atoms with E-state index < -0.39 is 5.54 Å². The van der Waals surface area contributed by atoms with Gasteiger partial charge in [-0.1, -0.05) is 6.92 Å². The predicted octanol–water partition coefficient (Wildman–Crippen LogP) is 2.44. The van der Waals surface area contributed by atoms with Gasteiger partial charge in [0.15, 0.2) is 0 Å². The zero-order valence-electron chi connectivity index (χ0n) is 11.2. The molecule has 0 radical (unpaired) electrons. The minimum absolute atomic E-state index is 0.206. The summed E-state index contributed by atoms with van der Waals surface area (Å²) in [5.74, 6) is 2.46. The van der Waals surface area contributed by atoms with Crippen LogP contribution in [0.1, 0.15) is 26.0 Å². The van der Waals surface area contributed by atoms with Gasteiger partial charge < -0.3 is 14.5 Å². The lowest BCUT2D eigenvalue weighted by molar-refractivity contribution is -0.147. The Morgan fingerprint density at radius 2 is 2.39 bits per heavy atom. The van der Waals surface area contributed by atoms with Gasteiger partial charge in [0.1, 0.15) is 11.3 Å². The van der Waals surface area contributed by atoms with Crippen molar-refractivity contribution in [1.29, 1.82) is 0 Å². The molecule has 0 saturated heterocycles. The second kappa shape index (κ2) is 7.48. The molecule has 102 valence electrons. The Balaban J connectivity index is 2.35. The van der Waals surface area contributed by atoms with E-state index in [2.05, 4.69) is 5.32 Å². The van der Waals surface area contributed by atoms with Gasteiger partial charge in [-0.2, -0.15) is 11.8 Å². The van der Waals surface area contributed by atoms with E-state index in [0.29, 0.717) is 0 Å². The average Bonchev–Trinajstić information content (AvgIpc) is 2.87. The first kappa shape index (κ1) is 15.1. The van der Waals surface area contributed by atoms with Crippen molar-refractivity contribution in [3.05, 3.63) is 24.2 Å². The Labute approximate surface area is 112 Å². The lowest BCUT2D eigenvalue weighted by atomic mass is 9.99. The summed E-state index contributed by atoms with van der Waals surface area (Å²) in [5, 5.41) is 3.19. The van der Waals surface area contributed by atoms with Gasteiger partial charge in [-0.25, -0.2) is 0 Å². The molecule has 0 amide bonds. The number of carbonyl (C=O) groups excluding carboxylic acids is 1. The van der Waals surface area contributed by atoms with E-state index in [4.69, 9.17) is 9.15 Å². The van der Waals surface area contributed by atoms with Crippen molar-refractivity contribution < 1.29 is 13.9 Å². The van der Waals surface area contributed by atoms with Crippen molar-refractivity contribution in [2.75, 3.05) is 19.4 Å². The molecule has 1 unspecified atom stereocenters. The number of esters is 1. The van der Waals surface area contributed by atoms with Crippen LogP contribution in [0.2, 0.25) is 0 Å². The maximum atomic E-state index is 11.7. The van der Waals surface area contributed by atoms with Gasteiger partial charge >= 0.3 is 5.97 Å². The summed E-state index contributed by atoms with van der Waals surface area (Å²) in [6.45, 7) is 4.61. The summed E-state index contributed by atoms with van der Waals surface area (Å²) in [5.41, 5.74) is -0.598. The number of hydrogen-bond acceptors (Lipinski definition) is 5. The molecule has 1 N–H and O–H groups in total. The Morgan fingerprint density at radius 1 is 1.61 bits per heavy atom. The molecule has 0 saturated carbocycles. The maximum absolute atomic E-state index is 11.7. The van der Waals surface area contributed by atoms with Gasteiger partial charge in [-0.05, 0) is 37.8 Å². The van der Waals surface area contributed by atoms with Crippen molar-refractivity contribution >= 4 is 17.7 Å². The summed E-state index contributed by atoms with van der Waals surface area (Å²) < 4.78 is 10.1. The van der Waals surface area contributed by atoms with Crippen LogP contribution in [0.4, 0.5) is 0 Å². The van der Waals surface area contributed by atoms with Crippen LogP contribution in [-0.2, 0) is 15.3 Å². The smallest absolute Gasteiger partial charge is 0.325 e. The third-order valence-corrected chi connectivity index (χ3v) is 3.76. The highest BCUT2D eigenvalue weighted by Crippen LogP contribution is 2.19. The number of carbonyl (C=O) groups is 1. The highest BCUT2D eigenvalue weighted by atomic mass is 32.2. The fraction of sp³-hybridized carbons (Fsp3) is 0.615. The van der Waals surface area contributed by atoms with Gasteiger partial charge in [0.25, 0.3) is 0 Å². The molecule has 1 aromatic heterocycles. The first-order chi connectivity index (χ1) is 8.62. The van der Waals surface area contributed by atoms with Crippen LogP contribution in [0, 0.1) is 0 Å². The summed E-state index contributed by atoms with van der Waals surface area (Å²) in [4.78, 5) is 11.7. The van der Waals surface area contributed by atoms with Crippen molar-refractivity contribution in [2.45, 2.75) is 31.6 Å². The van der Waals surface area contributed by atoms with Crippen LogP contribution in [0.15, 0.2) is 22.8 Å². The monoisotopic (exact) mass is 271 g/mol. The fourth-order valence-corrected chi connectivity index (χ4v) is 2.78. The Kier molecular flexibility index (Phi) is 6.29. The first-order valence-corrected chi connectivity index (χ1v) is 7.21. The van der Waals surface area contributed by atoms with Gasteiger partial charge in [-0.15, -0.1) is 0 Å². The van der Waals surface area contributed by atoms with Crippen molar-refractivity contribution in [1.82, 2.24) is 5.32 Å². The van der Waals surface area contributed by atoms with E-state index in [9.17, 15) is 4.79 Å². The number of thioether (sulfide) groups is 1. The normalized spacial score (nSPS) is 14.2. The summed E-state index contributed by atoms with van der Waals surface area (Å²) in [6, 6.07) is 3.84. The van der Waals surface area contributed by atoms with E-state index >= 15 is 0 Å². The van der Waals surface area contributed by atoms with Crippen molar-refractivity contribution in [3.8, 4) is 0 Å². The average molecular weight is 271 g/mol. The Bertz CT molecular complexity index is 353. The summed E-state index contributed by atoms with van der Waals surface area (Å²) >= 11 is 1.75. The predicted molar refractivity (Wildman–Crippen MR) is 73.6 cm³/mol. The molecular formula is C13H21NO3S. The van der Waals surface area contributed by atoms with Gasteiger partial charge in [-0.3, -0.25) is 4.79 Å². The summed E-state index contributed by atoms with van der Waals surface area (Å²) in [7, 11) is 1.42. The minimum atomic E-state index is -0.598. The molecule has 4 nitrogen and oxygen atoms in total. The molecule has 1 aromatic rings. The largest absolute Gasteiger partial charge is 0.468 e. The zero-order chi connectivity index (χ0) is 13.4. The lowest BCUT2D eigenvalue weighted by Gasteiger charge is -2.27. The van der Waals surface area contributed by atoms with E-state index in [1.807, 2.05) is 26.0 Å². The van der Waals surface area contributed by atoms with Crippen LogP contribution in [0.5, 0.6) is 0 Å². The molecule has 0 spiro atoms. The maximum Gasteiger partial charge on any atom is 0.325 e. The topological polar surface area (TPSA) is 51.5 Å². The van der Waals surface area contributed by atoms with Crippen LogP contribution in [-0.4, -0.2) is 30.9 Å². The van der Waals surface area contributed by atoms with E-state index in [0.717, 1.165) is 30.2 Å². The Hall–Kier alpha value is -0.940. The SMILES string of the molecule is CCNC(C)(CCSCc1ccco1)C(=O)OC. The van der Waals surface area contributed by atoms with E-state index in [-0.39, 0.29) is 5.97 Å². The van der Waals surface area contributed by atoms with Crippen molar-refractivity contribution in [2.24, 2.45) is 0 Å². The molecule has 0 aliphatic heterocycles. The second-order valence-corrected chi connectivity index (χ2v) is 5.34. The van der Waals surface area contributed by atoms with Crippen LogP contribution in [0.25, 0.3) is 0 Å². The molecule has 0 fully saturated rings. The van der Waals surface area contributed by atoms with Gasteiger partial charge in [0.2, 0.25) is 0 Å². The van der Waals surface area contributed by atoms with Crippen LogP contribution >= 0.6 is 11.8 Å². The molecule has 0 aromatic carbocycles. The Morgan fingerprint density at radius 3 is 2.94 bits per heavy atom. The standard InChI is InChI=1S/C13H21NO3S/c1-4-14-13(2,12(15)16-3)7-9-18-10-11-6-5-8-17-11/h5-6,8,14H,4,7,9-10H2,1-3H3. The van der Waals surface area contributed by atoms with Gasteiger partial charge in [0.05, 0.1) is 19.1 Å². The quantitative estimate of drug-likeness (QED) is 0.581. The molecule has 1 rings (SSSR count). The highest BCUT2D eigenvalue weighted by Gasteiger charge is 2.32. The van der Waals surface area contributed by atoms with Gasteiger partial charge in [0, 0.05) is 0 Å². The molecular weight excluding hydrogens is 250 g/mol. The fourth-order valence-electron chi connectivity index (χ4n) is 1.72. The zero-order valence-corrected chi connectivity index (χ0v) is 12.0. The van der Waals surface area contributed by atoms with E-state index in [1.54, 1.807) is 18.0 Å². The molecule has 5 heteroatoms. The van der Waals surface area contributed by atoms with E-state index in [1.165, 1.54) is 7.11 Å². The van der Waals surface area contributed by atoms with Crippen molar-refractivity contribution in [3.63, 3.8) is 0 Å². The molecule has 0 bridgehead atoms. The molecule has 1 atom stereocenters. The number of methoxy groups -OCH3 is 1. The van der Waals surface area contributed by atoms with Crippen LogP contribution < -0.4 is 5.32 Å². The third kappa shape index (κ3) is 4.38. The number of nitrogens with one attached hydrogen (secondary N) is 1. The number of ether oxygens (including phenoxy) is 1. The molecule has 0 aliphatic carbocycles. The summed E-state index contributed by atoms with van der Waals surface area (Å²) in [6.07, 6.45) is 2.41. The molecule has 18 heavy (non-hydrogen) atoms.